The van der Waals surface area contributed by atoms with Crippen LogP contribution in [0.4, 0.5) is 19.1 Å². The molecule has 206 valence electrons. The van der Waals surface area contributed by atoms with Gasteiger partial charge < -0.3 is 16.0 Å². The average Bonchev–Trinajstić information content (AvgIpc) is 3.37. The highest BCUT2D eigenvalue weighted by molar-refractivity contribution is 7.17. The minimum atomic E-state index is -4.44. The zero-order valence-electron chi connectivity index (χ0n) is 21.2. The number of anilines is 1. The summed E-state index contributed by atoms with van der Waals surface area (Å²) in [7, 11) is 0. The van der Waals surface area contributed by atoms with Crippen LogP contribution in [0.25, 0.3) is 10.2 Å². The van der Waals surface area contributed by atoms with E-state index in [9.17, 15) is 28.0 Å². The van der Waals surface area contributed by atoms with Crippen LogP contribution in [0.2, 0.25) is 0 Å². The fraction of sp³-hybridized carbons (Fsp3) is 0.286. The molecule has 0 aliphatic carbocycles. The highest BCUT2D eigenvalue weighted by Crippen LogP contribution is 2.29. The zero-order valence-corrected chi connectivity index (χ0v) is 22.1. The molecule has 3 N–H and O–H groups in total. The molecule has 2 aromatic carbocycles. The predicted molar refractivity (Wildman–Crippen MR) is 146 cm³/mol. The van der Waals surface area contributed by atoms with Crippen molar-refractivity contribution in [2.45, 2.75) is 38.1 Å². The molecule has 1 saturated heterocycles. The van der Waals surface area contributed by atoms with Crippen LogP contribution >= 0.6 is 11.3 Å². The van der Waals surface area contributed by atoms with Gasteiger partial charge in [-0.3, -0.25) is 14.2 Å². The monoisotopic (exact) mass is 566 g/mol. The number of nitrogens with two attached hydrogens (primary N) is 1. The summed E-state index contributed by atoms with van der Waals surface area (Å²) in [5.41, 5.74) is 7.19. The van der Waals surface area contributed by atoms with Crippen LogP contribution in [0, 0.1) is 11.3 Å². The molecule has 0 bridgehead atoms. The number of hydrogen-bond donors (Lipinski definition) is 2. The van der Waals surface area contributed by atoms with Gasteiger partial charge in [-0.05, 0) is 42.2 Å². The maximum atomic E-state index is 13.8. The second-order valence-electron chi connectivity index (χ2n) is 9.62. The second-order valence-corrected chi connectivity index (χ2v) is 10.5. The molecule has 0 spiro atoms. The maximum Gasteiger partial charge on any atom is 0.416 e. The first-order valence-corrected chi connectivity index (χ1v) is 13.5. The highest BCUT2D eigenvalue weighted by Gasteiger charge is 2.30. The molecule has 3 heterocycles. The quantitative estimate of drug-likeness (QED) is 0.360. The fourth-order valence-corrected chi connectivity index (χ4v) is 5.68. The Balaban J connectivity index is 1.49. The Labute approximate surface area is 231 Å². The van der Waals surface area contributed by atoms with Crippen molar-refractivity contribution in [1.82, 2.24) is 14.9 Å². The number of nitrogens with one attached hydrogen (secondary N) is 1. The van der Waals surface area contributed by atoms with Gasteiger partial charge in [-0.2, -0.15) is 18.4 Å². The van der Waals surface area contributed by atoms with Crippen LogP contribution in [0.3, 0.4) is 0 Å². The minimum absolute atomic E-state index is 0.00412. The van der Waals surface area contributed by atoms with E-state index in [1.807, 2.05) is 4.90 Å². The van der Waals surface area contributed by atoms with Crippen molar-refractivity contribution in [1.29, 1.82) is 5.26 Å². The summed E-state index contributed by atoms with van der Waals surface area (Å²) in [6.07, 6.45) is -2.78. The number of hydrogen-bond acceptors (Lipinski definition) is 7. The molecule has 12 heteroatoms. The predicted octanol–water partition coefficient (Wildman–Crippen LogP) is 4.25. The van der Waals surface area contributed by atoms with E-state index in [4.69, 9.17) is 10.7 Å². The molecule has 4 aromatic rings. The third-order valence-electron chi connectivity index (χ3n) is 6.84. The molecular formula is C28H25F3N6O2S. The number of carbonyl (C=O) groups is 1. The van der Waals surface area contributed by atoms with Gasteiger partial charge >= 0.3 is 6.18 Å². The fourth-order valence-electron chi connectivity index (χ4n) is 4.75. The normalized spacial score (nSPS) is 15.7. The summed E-state index contributed by atoms with van der Waals surface area (Å²) in [6, 6.07) is 13.6. The standard InChI is InChI=1S/C28H25F3N6O2S/c29-28(30,31)20-9-7-17(8-10-20)13-34-25(38)22-16-40-24-23(22)35-27(36-11-3-6-21(33)15-36)37(26(24)39)14-19-5-2-1-4-18(19)12-32/h1-2,4-5,7-10,16,21H,3,6,11,13-15,33H2,(H,34,38). The first-order valence-electron chi connectivity index (χ1n) is 12.6. The maximum absolute atomic E-state index is 13.8. The van der Waals surface area contributed by atoms with Crippen LogP contribution in [0.15, 0.2) is 58.7 Å². The molecule has 1 fully saturated rings. The van der Waals surface area contributed by atoms with Gasteiger partial charge in [-0.25, -0.2) is 4.98 Å². The molecule has 1 amide bonds. The summed E-state index contributed by atoms with van der Waals surface area (Å²) in [5, 5.41) is 13.8. The van der Waals surface area contributed by atoms with E-state index >= 15 is 0 Å². The van der Waals surface area contributed by atoms with Crippen molar-refractivity contribution in [3.8, 4) is 6.07 Å². The number of aromatic nitrogens is 2. The van der Waals surface area contributed by atoms with Gasteiger partial charge in [0.1, 0.15) is 10.2 Å². The summed E-state index contributed by atoms with van der Waals surface area (Å²) < 4.78 is 40.4. The Morgan fingerprint density at radius 2 is 1.95 bits per heavy atom. The van der Waals surface area contributed by atoms with E-state index in [0.29, 0.717) is 40.4 Å². The first kappa shape index (κ1) is 27.4. The number of nitrogens with zero attached hydrogens (tertiary/aromatic N) is 4. The number of alkyl halides is 3. The number of thiophene rings is 1. The van der Waals surface area contributed by atoms with Crippen molar-refractivity contribution in [2.24, 2.45) is 5.73 Å². The van der Waals surface area contributed by atoms with E-state index in [-0.39, 0.29) is 35.8 Å². The SMILES string of the molecule is N#Cc1ccccc1Cn1c(N2CCCC(N)C2)nc2c(C(=O)NCc3ccc(C(F)(F)F)cc3)csc2c1=O. The topological polar surface area (TPSA) is 117 Å². The van der Waals surface area contributed by atoms with Gasteiger partial charge in [0.05, 0.1) is 29.3 Å². The Kier molecular flexibility index (Phi) is 7.60. The first-order chi connectivity index (χ1) is 19.2. The summed E-state index contributed by atoms with van der Waals surface area (Å²) >= 11 is 1.10. The highest BCUT2D eigenvalue weighted by atomic mass is 32.1. The number of piperidine rings is 1. The number of rotatable bonds is 6. The van der Waals surface area contributed by atoms with Gasteiger partial charge in [-0.15, -0.1) is 11.3 Å². The number of amides is 1. The van der Waals surface area contributed by atoms with E-state index in [2.05, 4.69) is 11.4 Å². The number of benzene rings is 2. The number of halogens is 3. The lowest BCUT2D eigenvalue weighted by atomic mass is 10.1. The zero-order chi connectivity index (χ0) is 28.4. The van der Waals surface area contributed by atoms with Gasteiger partial charge in [0.25, 0.3) is 11.5 Å². The Hall–Kier alpha value is -4.21. The Bertz CT molecular complexity index is 1660. The van der Waals surface area contributed by atoms with Crippen LogP contribution in [0.5, 0.6) is 0 Å². The third kappa shape index (κ3) is 5.57. The molecule has 0 saturated carbocycles. The summed E-state index contributed by atoms with van der Waals surface area (Å²) in [5.74, 6) is -0.123. The number of carbonyl (C=O) groups excluding carboxylic acids is 1. The van der Waals surface area contributed by atoms with Crippen molar-refractivity contribution >= 4 is 33.4 Å². The average molecular weight is 567 g/mol. The summed E-state index contributed by atoms with van der Waals surface area (Å²) in [6.45, 7) is 1.24. The molecule has 0 radical (unpaired) electrons. The van der Waals surface area contributed by atoms with E-state index in [1.165, 1.54) is 16.7 Å². The molecular weight excluding hydrogens is 541 g/mol. The van der Waals surface area contributed by atoms with Crippen molar-refractivity contribution < 1.29 is 18.0 Å². The van der Waals surface area contributed by atoms with Crippen LogP contribution in [-0.4, -0.2) is 34.6 Å². The molecule has 40 heavy (non-hydrogen) atoms. The minimum Gasteiger partial charge on any atom is -0.348 e. The molecule has 8 nitrogen and oxygen atoms in total. The Morgan fingerprint density at radius 1 is 1.20 bits per heavy atom. The lowest BCUT2D eigenvalue weighted by Crippen LogP contribution is -2.45. The lowest BCUT2D eigenvalue weighted by molar-refractivity contribution is -0.137. The molecule has 5 rings (SSSR count). The molecule has 2 aromatic heterocycles. The van der Waals surface area contributed by atoms with Gasteiger partial charge in [-0.1, -0.05) is 30.3 Å². The number of fused-ring (bicyclic) bond motifs is 1. The van der Waals surface area contributed by atoms with Gasteiger partial charge in [0, 0.05) is 31.1 Å². The number of nitriles is 1. The van der Waals surface area contributed by atoms with Gasteiger partial charge in [0.2, 0.25) is 5.95 Å². The van der Waals surface area contributed by atoms with Crippen molar-refractivity contribution in [2.75, 3.05) is 18.0 Å². The van der Waals surface area contributed by atoms with E-state index < -0.39 is 17.6 Å². The van der Waals surface area contributed by atoms with Crippen molar-refractivity contribution in [3.63, 3.8) is 0 Å². The molecule has 1 aliphatic rings. The molecule has 1 atom stereocenters. The van der Waals surface area contributed by atoms with Crippen LogP contribution in [0.1, 0.15) is 45.5 Å². The third-order valence-corrected chi connectivity index (χ3v) is 7.80. The smallest absolute Gasteiger partial charge is 0.348 e. The second kappa shape index (κ2) is 11.1. The largest absolute Gasteiger partial charge is 0.416 e. The van der Waals surface area contributed by atoms with Gasteiger partial charge in [0.15, 0.2) is 0 Å². The molecule has 1 unspecified atom stereocenters. The van der Waals surface area contributed by atoms with Crippen LogP contribution in [-0.2, 0) is 19.3 Å². The Morgan fingerprint density at radius 3 is 2.65 bits per heavy atom. The summed E-state index contributed by atoms with van der Waals surface area (Å²) in [4.78, 5) is 33.6. The molecule has 1 aliphatic heterocycles. The van der Waals surface area contributed by atoms with Crippen LogP contribution < -0.4 is 21.5 Å². The van der Waals surface area contributed by atoms with E-state index in [0.717, 1.165) is 36.3 Å². The lowest BCUT2D eigenvalue weighted by Gasteiger charge is -2.33. The van der Waals surface area contributed by atoms with E-state index in [1.54, 1.807) is 29.6 Å². The van der Waals surface area contributed by atoms with Crippen molar-refractivity contribution in [3.05, 3.63) is 92.1 Å².